The first-order valence-corrected chi connectivity index (χ1v) is 14.4. The average Bonchev–Trinajstić information content (AvgIpc) is 3.28. The van der Waals surface area contributed by atoms with Gasteiger partial charge in [-0.15, -0.1) is 0 Å². The second-order valence-corrected chi connectivity index (χ2v) is 10.7. The number of nitrogens with zero attached hydrogens (tertiary/aromatic N) is 5. The lowest BCUT2D eigenvalue weighted by molar-refractivity contribution is -0.114. The molecule has 0 bridgehead atoms. The quantitative estimate of drug-likeness (QED) is 0.261. The van der Waals surface area contributed by atoms with Crippen molar-refractivity contribution >= 4 is 22.8 Å². The van der Waals surface area contributed by atoms with Crippen molar-refractivity contribution < 1.29 is 4.79 Å². The van der Waals surface area contributed by atoms with Gasteiger partial charge in [0.2, 0.25) is 5.91 Å². The van der Waals surface area contributed by atoms with Gasteiger partial charge in [0.25, 0.3) is 0 Å². The molecule has 1 aliphatic heterocycles. The number of rotatable bonds is 10. The number of amides is 1. The first-order valence-electron chi connectivity index (χ1n) is 14.4. The third-order valence-corrected chi connectivity index (χ3v) is 7.81. The summed E-state index contributed by atoms with van der Waals surface area (Å²) in [6.45, 7) is 10.1. The van der Waals surface area contributed by atoms with Crippen LogP contribution in [-0.2, 0) is 17.8 Å². The topological polar surface area (TPSA) is 75.9 Å². The number of fused-ring (bicyclic) bond motifs is 1. The molecule has 1 N–H and O–H groups in total. The monoisotopic (exact) mass is 524 g/mol. The molecule has 39 heavy (non-hydrogen) atoms. The van der Waals surface area contributed by atoms with E-state index in [0.29, 0.717) is 5.92 Å². The van der Waals surface area contributed by atoms with E-state index in [4.69, 9.17) is 9.97 Å². The van der Waals surface area contributed by atoms with Crippen LogP contribution in [0.15, 0.2) is 54.7 Å². The molecule has 1 aliphatic rings. The number of aromatic nitrogens is 4. The number of likely N-dealkylation sites (tertiary alicyclic amines) is 1. The third-order valence-electron chi connectivity index (χ3n) is 7.81. The molecule has 0 saturated carbocycles. The van der Waals surface area contributed by atoms with Gasteiger partial charge in [0.15, 0.2) is 5.65 Å². The Bertz CT molecular complexity index is 1410. The number of carbonyl (C=O) groups is 1. The number of anilines is 1. The van der Waals surface area contributed by atoms with E-state index in [1.54, 1.807) is 6.92 Å². The van der Waals surface area contributed by atoms with Gasteiger partial charge in [0.05, 0.1) is 5.69 Å². The number of unbranched alkanes of at least 4 members (excludes halogenated alkanes) is 1. The van der Waals surface area contributed by atoms with Crippen molar-refractivity contribution in [3.05, 3.63) is 71.8 Å². The van der Waals surface area contributed by atoms with Crippen LogP contribution in [0.2, 0.25) is 0 Å². The van der Waals surface area contributed by atoms with Gasteiger partial charge in [-0.2, -0.15) is 0 Å². The minimum atomic E-state index is -0.0236. The molecule has 4 aromatic rings. The van der Waals surface area contributed by atoms with E-state index >= 15 is 0 Å². The summed E-state index contributed by atoms with van der Waals surface area (Å²) in [5.41, 5.74) is 7.18. The maximum Gasteiger partial charge on any atom is 0.221 e. The molecule has 1 aromatic carbocycles. The summed E-state index contributed by atoms with van der Waals surface area (Å²) in [4.78, 5) is 28.6. The maximum atomic E-state index is 11.4. The summed E-state index contributed by atoms with van der Waals surface area (Å²) in [5.74, 6) is 1.67. The highest BCUT2D eigenvalue weighted by Crippen LogP contribution is 2.30. The van der Waals surface area contributed by atoms with Crippen molar-refractivity contribution in [2.45, 2.75) is 71.8 Å². The Hall–Kier alpha value is -3.58. The number of aryl methyl sites for hydroxylation is 3. The molecule has 0 unspecified atom stereocenters. The Morgan fingerprint density at radius 1 is 1.03 bits per heavy atom. The van der Waals surface area contributed by atoms with Gasteiger partial charge < -0.3 is 14.8 Å². The lowest BCUT2D eigenvalue weighted by Crippen LogP contribution is -2.34. The van der Waals surface area contributed by atoms with Crippen LogP contribution in [-0.4, -0.2) is 50.0 Å². The van der Waals surface area contributed by atoms with Crippen LogP contribution >= 0.6 is 0 Å². The molecule has 1 amide bonds. The van der Waals surface area contributed by atoms with Gasteiger partial charge in [0.1, 0.15) is 11.3 Å². The zero-order valence-electron chi connectivity index (χ0n) is 23.5. The summed E-state index contributed by atoms with van der Waals surface area (Å²) < 4.78 is 2.36. The Balaban J connectivity index is 1.23. The van der Waals surface area contributed by atoms with Crippen molar-refractivity contribution in [1.82, 2.24) is 24.4 Å². The van der Waals surface area contributed by atoms with Crippen LogP contribution in [0.25, 0.3) is 22.4 Å². The largest absolute Gasteiger partial charge is 0.326 e. The van der Waals surface area contributed by atoms with Gasteiger partial charge >= 0.3 is 0 Å². The lowest BCUT2D eigenvalue weighted by Gasteiger charge is -2.32. The fourth-order valence-electron chi connectivity index (χ4n) is 5.74. The van der Waals surface area contributed by atoms with E-state index in [1.807, 2.05) is 36.5 Å². The van der Waals surface area contributed by atoms with Crippen LogP contribution in [0.1, 0.15) is 69.0 Å². The Labute approximate surface area is 231 Å². The van der Waals surface area contributed by atoms with E-state index in [9.17, 15) is 4.79 Å². The molecule has 4 heterocycles. The number of nitrogens with one attached hydrogen (secondary N) is 1. The van der Waals surface area contributed by atoms with Crippen LogP contribution in [0.3, 0.4) is 0 Å². The number of hydrogen-bond acceptors (Lipinski definition) is 5. The summed E-state index contributed by atoms with van der Waals surface area (Å²) in [6, 6.07) is 16.5. The molecule has 7 nitrogen and oxygen atoms in total. The van der Waals surface area contributed by atoms with Crippen molar-refractivity contribution in [3.63, 3.8) is 0 Å². The fourth-order valence-corrected chi connectivity index (χ4v) is 5.74. The zero-order chi connectivity index (χ0) is 27.2. The average molecular weight is 525 g/mol. The highest BCUT2D eigenvalue weighted by molar-refractivity contribution is 5.88. The van der Waals surface area contributed by atoms with E-state index in [1.165, 1.54) is 5.56 Å². The van der Waals surface area contributed by atoms with E-state index in [-0.39, 0.29) is 5.91 Å². The molecule has 7 heteroatoms. The highest BCUT2D eigenvalue weighted by atomic mass is 16.1. The predicted octanol–water partition coefficient (Wildman–Crippen LogP) is 6.37. The highest BCUT2D eigenvalue weighted by Gasteiger charge is 2.21. The van der Waals surface area contributed by atoms with Crippen molar-refractivity contribution in [3.8, 4) is 11.3 Å². The van der Waals surface area contributed by atoms with Crippen LogP contribution in [0, 0.1) is 6.92 Å². The van der Waals surface area contributed by atoms with E-state index < -0.39 is 0 Å². The van der Waals surface area contributed by atoms with Gasteiger partial charge in [-0.05, 0) is 94.1 Å². The summed E-state index contributed by atoms with van der Waals surface area (Å²) in [7, 11) is 0. The number of hydrogen-bond donors (Lipinski definition) is 1. The molecule has 0 radical (unpaired) electrons. The maximum absolute atomic E-state index is 11.4. The molecule has 1 saturated heterocycles. The standard InChI is InChI=1S/C32H40N6O/c1-4-5-13-31-36-30-22-28(29-12-6-7-16-33-29)23(2)34-32(30)38(31)18-9-17-37-19-14-25(15-20-37)26-10-8-11-27(21-26)35-24(3)39/h6-8,10-12,16,21-22,25H,4-5,9,13-15,17-20H2,1-3H3,(H,35,39). The number of benzene rings is 1. The van der Waals surface area contributed by atoms with Crippen LogP contribution in [0.4, 0.5) is 5.69 Å². The molecule has 0 spiro atoms. The molecule has 0 atom stereocenters. The minimum absolute atomic E-state index is 0.0236. The van der Waals surface area contributed by atoms with Crippen LogP contribution < -0.4 is 5.32 Å². The summed E-state index contributed by atoms with van der Waals surface area (Å²) >= 11 is 0. The third kappa shape index (κ3) is 6.53. The smallest absolute Gasteiger partial charge is 0.221 e. The first kappa shape index (κ1) is 27.0. The zero-order valence-corrected chi connectivity index (χ0v) is 23.5. The van der Waals surface area contributed by atoms with Crippen LogP contribution in [0.5, 0.6) is 0 Å². The molecule has 3 aromatic heterocycles. The van der Waals surface area contributed by atoms with E-state index in [0.717, 1.165) is 104 Å². The van der Waals surface area contributed by atoms with Gasteiger partial charge in [0, 0.05) is 43.0 Å². The minimum Gasteiger partial charge on any atom is -0.326 e. The number of pyridine rings is 2. The number of piperidine rings is 1. The first-order chi connectivity index (χ1) is 19.0. The van der Waals surface area contributed by atoms with Gasteiger partial charge in [-0.1, -0.05) is 31.5 Å². The number of carbonyl (C=O) groups excluding carboxylic acids is 1. The van der Waals surface area contributed by atoms with Crippen molar-refractivity contribution in [2.75, 3.05) is 25.0 Å². The molecular weight excluding hydrogens is 484 g/mol. The summed E-state index contributed by atoms with van der Waals surface area (Å²) in [6.07, 6.45) is 8.47. The second kappa shape index (κ2) is 12.5. The van der Waals surface area contributed by atoms with Crippen molar-refractivity contribution in [1.29, 1.82) is 0 Å². The molecule has 5 rings (SSSR count). The van der Waals surface area contributed by atoms with Crippen molar-refractivity contribution in [2.24, 2.45) is 0 Å². The Morgan fingerprint density at radius 2 is 1.87 bits per heavy atom. The van der Waals surface area contributed by atoms with Gasteiger partial charge in [-0.3, -0.25) is 9.78 Å². The SMILES string of the molecule is CCCCc1nc2cc(-c3ccccn3)c(C)nc2n1CCCN1CCC(c2cccc(NC(C)=O)c2)CC1. The molecule has 204 valence electrons. The molecular formula is C32H40N6O. The molecule has 1 fully saturated rings. The molecule has 0 aliphatic carbocycles. The Morgan fingerprint density at radius 3 is 2.62 bits per heavy atom. The fraction of sp³-hybridized carbons (Fsp3) is 0.438. The normalized spacial score (nSPS) is 14.6. The van der Waals surface area contributed by atoms with E-state index in [2.05, 4.69) is 51.8 Å². The lowest BCUT2D eigenvalue weighted by atomic mass is 9.89. The van der Waals surface area contributed by atoms with Gasteiger partial charge in [-0.25, -0.2) is 9.97 Å². The second-order valence-electron chi connectivity index (χ2n) is 10.7. The Kier molecular flexibility index (Phi) is 8.67. The number of imidazole rings is 1. The predicted molar refractivity (Wildman–Crippen MR) is 158 cm³/mol. The summed E-state index contributed by atoms with van der Waals surface area (Å²) in [5, 5.41) is 2.91.